The lowest BCUT2D eigenvalue weighted by Gasteiger charge is -2.27. The van der Waals surface area contributed by atoms with E-state index in [0.717, 1.165) is 28.9 Å². The molecule has 3 nitrogen and oxygen atoms in total. The fourth-order valence-corrected chi connectivity index (χ4v) is 2.32. The molecule has 2 N–H and O–H groups in total. The predicted molar refractivity (Wildman–Crippen MR) is 75.3 cm³/mol. The number of hydrogen-bond donors (Lipinski definition) is 1. The molecule has 0 heterocycles. The molecule has 0 unspecified atom stereocenters. The zero-order valence-electron chi connectivity index (χ0n) is 11.0. The van der Waals surface area contributed by atoms with E-state index < -0.39 is 0 Å². The van der Waals surface area contributed by atoms with Gasteiger partial charge >= 0.3 is 0 Å². The third-order valence-corrected chi connectivity index (χ3v) is 2.85. The lowest BCUT2D eigenvalue weighted by atomic mass is 10.1. The fraction of sp³-hybridized carbons (Fsp3) is 0.538. The molecule has 0 amide bonds. The normalized spacial score (nSPS) is 11.9. The van der Waals surface area contributed by atoms with E-state index in [1.807, 2.05) is 26.0 Å². The first-order valence-electron chi connectivity index (χ1n) is 5.61. The minimum absolute atomic E-state index is 0.187. The van der Waals surface area contributed by atoms with Crippen molar-refractivity contribution in [1.82, 2.24) is 4.90 Å². The highest BCUT2D eigenvalue weighted by Gasteiger charge is 2.15. The Morgan fingerprint density at radius 2 is 2.06 bits per heavy atom. The molecule has 4 heteroatoms. The van der Waals surface area contributed by atoms with Gasteiger partial charge in [-0.05, 0) is 39.1 Å². The number of rotatable bonds is 5. The second kappa shape index (κ2) is 5.85. The summed E-state index contributed by atoms with van der Waals surface area (Å²) in [5.41, 5.74) is 6.98. The Labute approximate surface area is 112 Å². The zero-order chi connectivity index (χ0) is 13.1. The van der Waals surface area contributed by atoms with Crippen molar-refractivity contribution in [2.45, 2.75) is 25.9 Å². The third-order valence-electron chi connectivity index (χ3n) is 2.36. The highest BCUT2D eigenvalue weighted by Crippen LogP contribution is 2.24. The average Bonchev–Trinajstić information content (AvgIpc) is 2.14. The number of likely N-dealkylation sites (N-methyl/N-ethyl adjacent to an activating group) is 1. The van der Waals surface area contributed by atoms with Crippen molar-refractivity contribution in [2.24, 2.45) is 5.73 Å². The van der Waals surface area contributed by atoms with Crippen molar-refractivity contribution >= 4 is 15.9 Å². The molecule has 0 bridgehead atoms. The second-order valence-electron chi connectivity index (χ2n) is 5.12. The van der Waals surface area contributed by atoms with Gasteiger partial charge in [-0.25, -0.2) is 0 Å². The second-order valence-corrected chi connectivity index (χ2v) is 6.03. The molecule has 0 aliphatic carbocycles. The Kier molecular flexibility index (Phi) is 4.98. The first-order chi connectivity index (χ1) is 7.81. The van der Waals surface area contributed by atoms with Gasteiger partial charge in [-0.1, -0.05) is 15.9 Å². The molecule has 1 aromatic carbocycles. The van der Waals surface area contributed by atoms with Crippen molar-refractivity contribution in [3.63, 3.8) is 0 Å². The summed E-state index contributed by atoms with van der Waals surface area (Å²) in [6.45, 7) is 5.72. The first-order valence-corrected chi connectivity index (χ1v) is 6.41. The first kappa shape index (κ1) is 14.5. The number of halogens is 1. The summed E-state index contributed by atoms with van der Waals surface area (Å²) < 4.78 is 6.42. The van der Waals surface area contributed by atoms with E-state index in [1.165, 1.54) is 0 Å². The predicted octanol–water partition coefficient (Wildman–Crippen LogP) is 2.63. The van der Waals surface area contributed by atoms with Crippen LogP contribution in [0.1, 0.15) is 19.4 Å². The molecule has 0 aromatic heterocycles. The van der Waals surface area contributed by atoms with E-state index in [0.29, 0.717) is 0 Å². The maximum absolute atomic E-state index is 6.01. The maximum Gasteiger partial charge on any atom is 0.123 e. The number of nitrogens with zero attached hydrogens (tertiary/aromatic N) is 1. The molecule has 0 atom stereocenters. The van der Waals surface area contributed by atoms with Crippen molar-refractivity contribution in [1.29, 1.82) is 0 Å². The molecule has 17 heavy (non-hydrogen) atoms. The Bertz CT molecular complexity index is 374. The lowest BCUT2D eigenvalue weighted by molar-refractivity contribution is 0.259. The number of nitrogens with two attached hydrogens (primary N) is 1. The maximum atomic E-state index is 6.01. The van der Waals surface area contributed by atoms with Crippen LogP contribution in [0.25, 0.3) is 0 Å². The Hall–Kier alpha value is -0.580. The van der Waals surface area contributed by atoms with E-state index in [9.17, 15) is 0 Å². The lowest BCUT2D eigenvalue weighted by Crippen LogP contribution is -2.43. The van der Waals surface area contributed by atoms with Gasteiger partial charge in [0, 0.05) is 28.7 Å². The van der Waals surface area contributed by atoms with Gasteiger partial charge in [-0.15, -0.1) is 0 Å². The van der Waals surface area contributed by atoms with Crippen LogP contribution in [-0.4, -0.2) is 31.1 Å². The minimum Gasteiger partial charge on any atom is -0.496 e. The number of methoxy groups -OCH3 is 1. The van der Waals surface area contributed by atoms with Crippen molar-refractivity contribution in [3.05, 3.63) is 28.2 Å². The third kappa shape index (κ3) is 5.06. The van der Waals surface area contributed by atoms with Gasteiger partial charge in [0.05, 0.1) is 7.11 Å². The van der Waals surface area contributed by atoms with E-state index in [-0.39, 0.29) is 5.54 Å². The Morgan fingerprint density at radius 1 is 1.41 bits per heavy atom. The van der Waals surface area contributed by atoms with E-state index in [4.69, 9.17) is 10.5 Å². The summed E-state index contributed by atoms with van der Waals surface area (Å²) in [5.74, 6) is 0.912. The van der Waals surface area contributed by atoms with Crippen LogP contribution in [0.5, 0.6) is 5.75 Å². The molecule has 0 radical (unpaired) electrons. The summed E-state index contributed by atoms with van der Waals surface area (Å²) in [6, 6.07) is 6.04. The molecule has 0 aliphatic rings. The van der Waals surface area contributed by atoms with Crippen LogP contribution < -0.4 is 10.5 Å². The number of ether oxygens (including phenoxy) is 1. The Balaban J connectivity index is 2.76. The summed E-state index contributed by atoms with van der Waals surface area (Å²) in [4.78, 5) is 2.20. The van der Waals surface area contributed by atoms with Crippen LogP contribution in [0.15, 0.2) is 22.7 Å². The summed E-state index contributed by atoms with van der Waals surface area (Å²) >= 11 is 3.48. The Morgan fingerprint density at radius 3 is 2.59 bits per heavy atom. The highest BCUT2D eigenvalue weighted by molar-refractivity contribution is 9.10. The molecule has 1 rings (SSSR count). The number of hydrogen-bond acceptors (Lipinski definition) is 3. The molecule has 0 saturated heterocycles. The smallest absolute Gasteiger partial charge is 0.123 e. The fourth-order valence-electron chi connectivity index (χ4n) is 1.91. The van der Waals surface area contributed by atoms with Gasteiger partial charge in [0.2, 0.25) is 0 Å². The molecule has 0 aliphatic heterocycles. The summed E-state index contributed by atoms with van der Waals surface area (Å²) in [5, 5.41) is 0. The SMILES string of the molecule is COc1ccc(Br)cc1CN(C)CC(C)(C)N. The van der Waals surface area contributed by atoms with E-state index in [1.54, 1.807) is 7.11 Å². The summed E-state index contributed by atoms with van der Waals surface area (Å²) in [7, 11) is 3.76. The standard InChI is InChI=1S/C13H21BrN2O/c1-13(2,15)9-16(3)8-10-7-11(14)5-6-12(10)17-4/h5-7H,8-9,15H2,1-4H3. The van der Waals surface area contributed by atoms with Crippen molar-refractivity contribution < 1.29 is 4.74 Å². The molecule has 0 fully saturated rings. The van der Waals surface area contributed by atoms with Crippen LogP contribution in [0, 0.1) is 0 Å². The van der Waals surface area contributed by atoms with Crippen LogP contribution in [0.2, 0.25) is 0 Å². The molecule has 0 spiro atoms. The average molecular weight is 301 g/mol. The minimum atomic E-state index is -0.187. The van der Waals surface area contributed by atoms with Crippen molar-refractivity contribution in [2.75, 3.05) is 20.7 Å². The van der Waals surface area contributed by atoms with Crippen LogP contribution in [0.3, 0.4) is 0 Å². The quantitative estimate of drug-likeness (QED) is 0.908. The van der Waals surface area contributed by atoms with E-state index in [2.05, 4.69) is 33.9 Å². The van der Waals surface area contributed by atoms with Gasteiger partial charge in [0.25, 0.3) is 0 Å². The summed E-state index contributed by atoms with van der Waals surface area (Å²) in [6.07, 6.45) is 0. The zero-order valence-corrected chi connectivity index (χ0v) is 12.5. The van der Waals surface area contributed by atoms with Gasteiger partial charge in [-0.3, -0.25) is 0 Å². The van der Waals surface area contributed by atoms with Crippen LogP contribution >= 0.6 is 15.9 Å². The molecule has 96 valence electrons. The van der Waals surface area contributed by atoms with Gasteiger partial charge < -0.3 is 15.4 Å². The van der Waals surface area contributed by atoms with Gasteiger partial charge in [0.1, 0.15) is 5.75 Å². The largest absolute Gasteiger partial charge is 0.496 e. The monoisotopic (exact) mass is 300 g/mol. The number of benzene rings is 1. The van der Waals surface area contributed by atoms with Crippen molar-refractivity contribution in [3.8, 4) is 5.75 Å². The highest BCUT2D eigenvalue weighted by atomic mass is 79.9. The molecule has 0 saturated carbocycles. The van der Waals surface area contributed by atoms with Crippen LogP contribution in [0.4, 0.5) is 0 Å². The molecular weight excluding hydrogens is 280 g/mol. The van der Waals surface area contributed by atoms with Gasteiger partial charge in [-0.2, -0.15) is 0 Å². The van der Waals surface area contributed by atoms with E-state index >= 15 is 0 Å². The molecular formula is C13H21BrN2O. The molecule has 1 aromatic rings. The van der Waals surface area contributed by atoms with Gasteiger partial charge in [0.15, 0.2) is 0 Å². The van der Waals surface area contributed by atoms with Crippen LogP contribution in [-0.2, 0) is 6.54 Å². The topological polar surface area (TPSA) is 38.5 Å².